The number of rotatable bonds is 6. The van der Waals surface area contributed by atoms with Crippen molar-refractivity contribution in [1.29, 1.82) is 0 Å². The van der Waals surface area contributed by atoms with E-state index in [0.29, 0.717) is 44.2 Å². The van der Waals surface area contributed by atoms with Gasteiger partial charge in [0.1, 0.15) is 0 Å². The smallest absolute Gasteiger partial charge is 0.243 e. The van der Waals surface area contributed by atoms with E-state index < -0.39 is 10.0 Å². The molecule has 2 aliphatic rings. The number of amides is 1. The van der Waals surface area contributed by atoms with Gasteiger partial charge in [0, 0.05) is 32.1 Å². The maximum atomic E-state index is 12.8. The lowest BCUT2D eigenvalue weighted by molar-refractivity contribution is -0.119. The highest BCUT2D eigenvalue weighted by Gasteiger charge is 2.27. The molecule has 8 heteroatoms. The molecular formula is C18H27N3O4S. The van der Waals surface area contributed by atoms with Gasteiger partial charge in [-0.3, -0.25) is 9.69 Å². The number of morpholine rings is 1. The van der Waals surface area contributed by atoms with E-state index in [2.05, 4.69) is 4.90 Å². The Morgan fingerprint density at radius 1 is 1.19 bits per heavy atom. The van der Waals surface area contributed by atoms with Gasteiger partial charge in [-0.05, 0) is 37.1 Å². The molecule has 1 atom stereocenters. The van der Waals surface area contributed by atoms with Gasteiger partial charge in [0.25, 0.3) is 0 Å². The van der Waals surface area contributed by atoms with Gasteiger partial charge in [-0.25, -0.2) is 8.42 Å². The van der Waals surface area contributed by atoms with Gasteiger partial charge in [0.2, 0.25) is 15.9 Å². The summed E-state index contributed by atoms with van der Waals surface area (Å²) < 4.78 is 32.4. The van der Waals surface area contributed by atoms with Crippen molar-refractivity contribution >= 4 is 15.9 Å². The number of carbonyl (C=O) groups excluding carboxylic acids is 1. The molecular weight excluding hydrogens is 354 g/mol. The van der Waals surface area contributed by atoms with Crippen molar-refractivity contribution in [2.24, 2.45) is 5.73 Å². The molecule has 2 N–H and O–H groups in total. The molecule has 1 aromatic carbocycles. The molecule has 2 fully saturated rings. The standard InChI is InChI=1S/C18H27N3O4S/c19-18(22)13-16-5-1-2-7-20(16)14-15-4-3-6-17(12-15)26(23,24)21-8-10-25-11-9-21/h3-4,6,12,16H,1-2,5,7-11,13-14H2,(H2,19,22). The van der Waals surface area contributed by atoms with Gasteiger partial charge in [0.15, 0.2) is 0 Å². The van der Waals surface area contributed by atoms with Crippen LogP contribution in [0.3, 0.4) is 0 Å². The van der Waals surface area contributed by atoms with E-state index in [0.717, 1.165) is 31.4 Å². The summed E-state index contributed by atoms with van der Waals surface area (Å²) >= 11 is 0. The van der Waals surface area contributed by atoms with Gasteiger partial charge in [0.05, 0.1) is 18.1 Å². The van der Waals surface area contributed by atoms with Crippen LogP contribution in [0.4, 0.5) is 0 Å². The minimum absolute atomic E-state index is 0.140. The van der Waals surface area contributed by atoms with E-state index in [9.17, 15) is 13.2 Å². The lowest BCUT2D eigenvalue weighted by atomic mass is 9.98. The zero-order valence-electron chi connectivity index (χ0n) is 15.0. The summed E-state index contributed by atoms with van der Waals surface area (Å²) in [5.41, 5.74) is 6.32. The Labute approximate surface area is 155 Å². The highest BCUT2D eigenvalue weighted by molar-refractivity contribution is 7.89. The Bertz CT molecular complexity index is 732. The average Bonchev–Trinajstić information content (AvgIpc) is 2.64. The lowest BCUT2D eigenvalue weighted by Gasteiger charge is -2.35. The van der Waals surface area contributed by atoms with E-state index in [-0.39, 0.29) is 11.9 Å². The molecule has 2 saturated heterocycles. The summed E-state index contributed by atoms with van der Waals surface area (Å²) in [7, 11) is -3.50. The predicted molar refractivity (Wildman–Crippen MR) is 97.9 cm³/mol. The Morgan fingerprint density at radius 3 is 2.69 bits per heavy atom. The molecule has 0 saturated carbocycles. The van der Waals surface area contributed by atoms with Crippen LogP contribution in [0.15, 0.2) is 29.2 Å². The molecule has 0 aliphatic carbocycles. The summed E-state index contributed by atoms with van der Waals surface area (Å²) in [6, 6.07) is 7.26. The highest BCUT2D eigenvalue weighted by atomic mass is 32.2. The minimum atomic E-state index is -3.50. The number of nitrogens with two attached hydrogens (primary N) is 1. The SMILES string of the molecule is NC(=O)CC1CCCCN1Cc1cccc(S(=O)(=O)N2CCOCC2)c1. The maximum absolute atomic E-state index is 12.8. The lowest BCUT2D eigenvalue weighted by Crippen LogP contribution is -2.41. The van der Waals surface area contributed by atoms with Crippen molar-refractivity contribution in [3.05, 3.63) is 29.8 Å². The van der Waals surface area contributed by atoms with Crippen molar-refractivity contribution in [2.75, 3.05) is 32.8 Å². The van der Waals surface area contributed by atoms with Crippen LogP contribution in [0, 0.1) is 0 Å². The molecule has 2 aliphatic heterocycles. The number of piperidine rings is 1. The summed E-state index contributed by atoms with van der Waals surface area (Å²) in [5, 5.41) is 0. The van der Waals surface area contributed by atoms with Gasteiger partial charge >= 0.3 is 0 Å². The maximum Gasteiger partial charge on any atom is 0.243 e. The summed E-state index contributed by atoms with van der Waals surface area (Å²) in [4.78, 5) is 13.9. The van der Waals surface area contributed by atoms with Gasteiger partial charge < -0.3 is 10.5 Å². The first-order valence-corrected chi connectivity index (χ1v) is 10.6. The van der Waals surface area contributed by atoms with Crippen LogP contribution in [0.5, 0.6) is 0 Å². The highest BCUT2D eigenvalue weighted by Crippen LogP contribution is 2.24. The number of hydrogen-bond acceptors (Lipinski definition) is 5. The molecule has 3 rings (SSSR count). The fraction of sp³-hybridized carbons (Fsp3) is 0.611. The Balaban J connectivity index is 1.75. The number of primary amides is 1. The van der Waals surface area contributed by atoms with Crippen molar-refractivity contribution in [1.82, 2.24) is 9.21 Å². The first-order valence-electron chi connectivity index (χ1n) is 9.16. The topological polar surface area (TPSA) is 92.9 Å². The zero-order valence-corrected chi connectivity index (χ0v) is 15.8. The second-order valence-corrected chi connectivity index (χ2v) is 8.89. The Hall–Kier alpha value is -1.48. The number of benzene rings is 1. The fourth-order valence-corrected chi connectivity index (χ4v) is 5.19. The number of likely N-dealkylation sites (tertiary alicyclic amines) is 1. The average molecular weight is 381 g/mol. The third kappa shape index (κ3) is 4.62. The second-order valence-electron chi connectivity index (χ2n) is 6.95. The number of sulfonamides is 1. The molecule has 0 aromatic heterocycles. The molecule has 1 unspecified atom stereocenters. The van der Waals surface area contributed by atoms with E-state index >= 15 is 0 Å². The quantitative estimate of drug-likeness (QED) is 0.792. The third-order valence-corrected chi connectivity index (χ3v) is 6.97. The van der Waals surface area contributed by atoms with Crippen LogP contribution in [0.2, 0.25) is 0 Å². The largest absolute Gasteiger partial charge is 0.379 e. The Kier molecular flexibility index (Phi) is 6.29. The van der Waals surface area contributed by atoms with Crippen LogP contribution < -0.4 is 5.73 Å². The van der Waals surface area contributed by atoms with Gasteiger partial charge in [-0.1, -0.05) is 18.6 Å². The number of nitrogens with zero attached hydrogens (tertiary/aromatic N) is 2. The molecule has 2 heterocycles. The molecule has 0 spiro atoms. The number of carbonyl (C=O) groups is 1. The summed E-state index contributed by atoms with van der Waals surface area (Å²) in [6.45, 7) is 3.17. The van der Waals surface area contributed by atoms with Gasteiger partial charge in [-0.2, -0.15) is 4.31 Å². The van der Waals surface area contributed by atoms with Gasteiger partial charge in [-0.15, -0.1) is 0 Å². The van der Waals surface area contributed by atoms with E-state index in [1.54, 1.807) is 18.2 Å². The third-order valence-electron chi connectivity index (χ3n) is 5.08. The molecule has 7 nitrogen and oxygen atoms in total. The molecule has 0 radical (unpaired) electrons. The number of hydrogen-bond donors (Lipinski definition) is 1. The normalized spacial score (nSPS) is 23.0. The van der Waals surface area contributed by atoms with E-state index in [1.807, 2.05) is 6.07 Å². The first-order chi connectivity index (χ1) is 12.5. The van der Waals surface area contributed by atoms with Crippen molar-refractivity contribution in [3.8, 4) is 0 Å². The predicted octanol–water partition coefficient (Wildman–Crippen LogP) is 0.937. The summed E-state index contributed by atoms with van der Waals surface area (Å²) in [6.07, 6.45) is 3.49. The molecule has 0 bridgehead atoms. The van der Waals surface area contributed by atoms with Crippen LogP contribution >= 0.6 is 0 Å². The molecule has 1 aromatic rings. The van der Waals surface area contributed by atoms with Crippen molar-refractivity contribution < 1.29 is 17.9 Å². The summed E-state index contributed by atoms with van der Waals surface area (Å²) in [5.74, 6) is -0.287. The zero-order chi connectivity index (χ0) is 18.6. The molecule has 26 heavy (non-hydrogen) atoms. The fourth-order valence-electron chi connectivity index (χ4n) is 3.71. The first kappa shape index (κ1) is 19.3. The van der Waals surface area contributed by atoms with Crippen LogP contribution in [0.1, 0.15) is 31.2 Å². The molecule has 144 valence electrons. The molecule has 1 amide bonds. The minimum Gasteiger partial charge on any atom is -0.379 e. The number of ether oxygens (including phenoxy) is 1. The van der Waals surface area contributed by atoms with E-state index in [4.69, 9.17) is 10.5 Å². The second kappa shape index (κ2) is 8.47. The Morgan fingerprint density at radius 2 is 1.96 bits per heavy atom. The van der Waals surface area contributed by atoms with Crippen LogP contribution in [-0.4, -0.2) is 62.4 Å². The monoisotopic (exact) mass is 381 g/mol. The van der Waals surface area contributed by atoms with Crippen molar-refractivity contribution in [3.63, 3.8) is 0 Å². The van der Waals surface area contributed by atoms with Crippen molar-refractivity contribution in [2.45, 2.75) is 43.2 Å². The van der Waals surface area contributed by atoms with Crippen LogP contribution in [0.25, 0.3) is 0 Å². The van der Waals surface area contributed by atoms with Crippen LogP contribution in [-0.2, 0) is 26.1 Å². The van der Waals surface area contributed by atoms with E-state index in [1.165, 1.54) is 4.31 Å².